The first-order chi connectivity index (χ1) is 10.9. The summed E-state index contributed by atoms with van der Waals surface area (Å²) in [7, 11) is 0. The van der Waals surface area contributed by atoms with Crippen molar-refractivity contribution in [3.05, 3.63) is 22.8 Å². The highest BCUT2D eigenvalue weighted by atomic mass is 16.4. The van der Waals surface area contributed by atoms with E-state index >= 15 is 0 Å². The molecule has 3 heteroatoms. The molecule has 3 nitrogen and oxygen atoms in total. The SMILES string of the molecule is C[C@]12CCC(C(=O)O)=C[C@@H]1CCC1=C3CC[C@H](O)[C@@]3(C)CC[C@@H]12. The fourth-order valence-electron chi connectivity index (χ4n) is 6.25. The largest absolute Gasteiger partial charge is 0.478 e. The molecule has 5 atom stereocenters. The lowest BCUT2D eigenvalue weighted by Crippen LogP contribution is -2.46. The van der Waals surface area contributed by atoms with Crippen LogP contribution < -0.4 is 0 Å². The number of hydrogen-bond acceptors (Lipinski definition) is 2. The smallest absolute Gasteiger partial charge is 0.331 e. The van der Waals surface area contributed by atoms with Crippen LogP contribution in [0, 0.1) is 22.7 Å². The van der Waals surface area contributed by atoms with Gasteiger partial charge in [-0.1, -0.05) is 31.1 Å². The van der Waals surface area contributed by atoms with Gasteiger partial charge >= 0.3 is 5.97 Å². The van der Waals surface area contributed by atoms with E-state index in [1.54, 1.807) is 11.1 Å². The lowest BCUT2D eigenvalue weighted by atomic mass is 9.50. The maximum Gasteiger partial charge on any atom is 0.331 e. The third-order valence-electron chi connectivity index (χ3n) is 7.83. The van der Waals surface area contributed by atoms with Crippen LogP contribution in [0.15, 0.2) is 22.8 Å². The summed E-state index contributed by atoms with van der Waals surface area (Å²) in [4.78, 5) is 11.3. The Balaban J connectivity index is 1.73. The Hall–Kier alpha value is -1.09. The van der Waals surface area contributed by atoms with Crippen LogP contribution in [0.25, 0.3) is 0 Å². The Morgan fingerprint density at radius 2 is 1.91 bits per heavy atom. The van der Waals surface area contributed by atoms with Gasteiger partial charge in [0, 0.05) is 11.0 Å². The molecule has 0 aromatic carbocycles. The molecule has 4 aliphatic rings. The second kappa shape index (κ2) is 4.95. The molecule has 2 saturated carbocycles. The Labute approximate surface area is 138 Å². The average Bonchev–Trinajstić information content (AvgIpc) is 2.82. The molecule has 0 radical (unpaired) electrons. The highest BCUT2D eigenvalue weighted by Gasteiger charge is 2.54. The monoisotopic (exact) mass is 316 g/mol. The summed E-state index contributed by atoms with van der Waals surface area (Å²) in [5.41, 5.74) is 4.07. The summed E-state index contributed by atoms with van der Waals surface area (Å²) in [5.74, 6) is 0.278. The summed E-state index contributed by atoms with van der Waals surface area (Å²) >= 11 is 0. The second-order valence-electron chi connectivity index (χ2n) is 8.72. The molecule has 23 heavy (non-hydrogen) atoms. The van der Waals surface area contributed by atoms with Gasteiger partial charge in [0.1, 0.15) is 0 Å². The molecule has 0 aromatic heterocycles. The number of aliphatic hydroxyl groups excluding tert-OH is 1. The maximum absolute atomic E-state index is 11.3. The first-order valence-electron chi connectivity index (χ1n) is 9.21. The first kappa shape index (κ1) is 15.4. The highest BCUT2D eigenvalue weighted by molar-refractivity contribution is 5.86. The third-order valence-corrected chi connectivity index (χ3v) is 7.83. The van der Waals surface area contributed by atoms with Crippen LogP contribution in [0.3, 0.4) is 0 Å². The number of carboxylic acid groups (broad SMARTS) is 1. The third kappa shape index (κ3) is 2.02. The molecule has 2 N–H and O–H groups in total. The Morgan fingerprint density at radius 1 is 1.13 bits per heavy atom. The lowest BCUT2D eigenvalue weighted by molar-refractivity contribution is -0.133. The molecule has 0 unspecified atom stereocenters. The van der Waals surface area contributed by atoms with Crippen LogP contribution in [-0.2, 0) is 4.79 Å². The molecule has 4 aliphatic carbocycles. The predicted molar refractivity (Wildman–Crippen MR) is 88.9 cm³/mol. The van der Waals surface area contributed by atoms with Gasteiger partial charge in [0.25, 0.3) is 0 Å². The van der Waals surface area contributed by atoms with Gasteiger partial charge < -0.3 is 10.2 Å². The normalized spacial score (nSPS) is 45.9. The van der Waals surface area contributed by atoms with Crippen LogP contribution in [0.5, 0.6) is 0 Å². The second-order valence-corrected chi connectivity index (χ2v) is 8.72. The fraction of sp³-hybridized carbons (Fsp3) is 0.750. The zero-order valence-electron chi connectivity index (χ0n) is 14.3. The number of carboxylic acids is 1. The number of allylic oxidation sites excluding steroid dienone is 2. The van der Waals surface area contributed by atoms with Crippen molar-refractivity contribution in [2.45, 2.75) is 71.3 Å². The summed E-state index contributed by atoms with van der Waals surface area (Å²) in [6, 6.07) is 0. The van der Waals surface area contributed by atoms with Crippen LogP contribution in [0.4, 0.5) is 0 Å². The van der Waals surface area contributed by atoms with Crippen molar-refractivity contribution in [2.24, 2.45) is 22.7 Å². The lowest BCUT2D eigenvalue weighted by Gasteiger charge is -2.54. The zero-order chi connectivity index (χ0) is 16.4. The molecule has 2 fully saturated rings. The summed E-state index contributed by atoms with van der Waals surface area (Å²) in [6.07, 6.45) is 10.0. The first-order valence-corrected chi connectivity index (χ1v) is 9.21. The van der Waals surface area contributed by atoms with Crippen LogP contribution >= 0.6 is 0 Å². The molecule has 0 aromatic rings. The van der Waals surface area contributed by atoms with E-state index in [-0.39, 0.29) is 16.9 Å². The molecule has 4 rings (SSSR count). The predicted octanol–water partition coefficient (Wildman–Crippen LogP) is 4.08. The number of aliphatic carboxylic acids is 1. The summed E-state index contributed by atoms with van der Waals surface area (Å²) in [6.45, 7) is 4.66. The average molecular weight is 316 g/mol. The zero-order valence-corrected chi connectivity index (χ0v) is 14.3. The molecule has 0 heterocycles. The van der Waals surface area contributed by atoms with Gasteiger partial charge in [-0.15, -0.1) is 0 Å². The van der Waals surface area contributed by atoms with E-state index in [0.29, 0.717) is 23.8 Å². The van der Waals surface area contributed by atoms with Crippen molar-refractivity contribution < 1.29 is 15.0 Å². The topological polar surface area (TPSA) is 57.5 Å². The van der Waals surface area contributed by atoms with Gasteiger partial charge in [-0.3, -0.25) is 0 Å². The summed E-state index contributed by atoms with van der Waals surface area (Å²) in [5, 5.41) is 19.8. The molecule has 0 amide bonds. The van der Waals surface area contributed by atoms with Gasteiger partial charge in [-0.2, -0.15) is 0 Å². The number of hydrogen-bond donors (Lipinski definition) is 2. The van der Waals surface area contributed by atoms with Crippen molar-refractivity contribution in [3.8, 4) is 0 Å². The van der Waals surface area contributed by atoms with Crippen molar-refractivity contribution in [3.63, 3.8) is 0 Å². The van der Waals surface area contributed by atoms with E-state index in [0.717, 1.165) is 44.9 Å². The van der Waals surface area contributed by atoms with E-state index < -0.39 is 5.97 Å². The Bertz CT molecular complexity index is 616. The van der Waals surface area contributed by atoms with E-state index in [1.165, 1.54) is 0 Å². The van der Waals surface area contributed by atoms with E-state index in [9.17, 15) is 15.0 Å². The minimum Gasteiger partial charge on any atom is -0.478 e. The molecule has 0 saturated heterocycles. The number of rotatable bonds is 1. The summed E-state index contributed by atoms with van der Waals surface area (Å²) < 4.78 is 0. The standard InChI is InChI=1S/C20H28O3/c1-19-9-7-12(18(22)23)11-13(19)3-4-14-15-5-6-17(21)20(15,2)10-8-16(14)19/h11,13,16-17,21H,3-10H2,1-2H3,(H,22,23)/t13-,16-,17-,19-,20-/m0/s1. The number of fused-ring (bicyclic) bond motifs is 4. The Morgan fingerprint density at radius 3 is 2.65 bits per heavy atom. The van der Waals surface area contributed by atoms with Crippen LogP contribution in [0.2, 0.25) is 0 Å². The van der Waals surface area contributed by atoms with Gasteiger partial charge in [-0.05, 0) is 68.6 Å². The van der Waals surface area contributed by atoms with Gasteiger partial charge in [0.2, 0.25) is 0 Å². The minimum absolute atomic E-state index is 0.0196. The molecule has 0 aliphatic heterocycles. The Kier molecular flexibility index (Phi) is 3.32. The highest BCUT2D eigenvalue weighted by Crippen LogP contribution is 2.63. The minimum atomic E-state index is -0.730. The quantitative estimate of drug-likeness (QED) is 0.717. The van der Waals surface area contributed by atoms with Gasteiger partial charge in [0.05, 0.1) is 6.10 Å². The van der Waals surface area contributed by atoms with E-state index in [1.807, 2.05) is 0 Å². The van der Waals surface area contributed by atoms with E-state index in [4.69, 9.17) is 0 Å². The van der Waals surface area contributed by atoms with Gasteiger partial charge in [-0.25, -0.2) is 4.79 Å². The number of carbonyl (C=O) groups is 1. The van der Waals surface area contributed by atoms with Crippen molar-refractivity contribution in [2.75, 3.05) is 0 Å². The molecule has 126 valence electrons. The molecular weight excluding hydrogens is 288 g/mol. The van der Waals surface area contributed by atoms with Crippen LogP contribution in [0.1, 0.15) is 65.2 Å². The van der Waals surface area contributed by atoms with Crippen molar-refractivity contribution in [1.82, 2.24) is 0 Å². The maximum atomic E-state index is 11.3. The van der Waals surface area contributed by atoms with Crippen molar-refractivity contribution in [1.29, 1.82) is 0 Å². The van der Waals surface area contributed by atoms with Crippen LogP contribution in [-0.4, -0.2) is 22.3 Å². The van der Waals surface area contributed by atoms with Crippen molar-refractivity contribution >= 4 is 5.97 Å². The number of aliphatic hydroxyl groups is 1. The van der Waals surface area contributed by atoms with E-state index in [2.05, 4.69) is 19.9 Å². The molecular formula is C20H28O3. The van der Waals surface area contributed by atoms with Gasteiger partial charge in [0.15, 0.2) is 0 Å². The molecule has 0 bridgehead atoms. The molecule has 0 spiro atoms. The fourth-order valence-corrected chi connectivity index (χ4v) is 6.25.